The first kappa shape index (κ1) is 16.0. The van der Waals surface area contributed by atoms with Crippen LogP contribution in [0.15, 0.2) is 45.9 Å². The van der Waals surface area contributed by atoms with Gasteiger partial charge in [-0.3, -0.25) is 14.6 Å². The Labute approximate surface area is 145 Å². The van der Waals surface area contributed by atoms with Gasteiger partial charge in [0.15, 0.2) is 0 Å². The van der Waals surface area contributed by atoms with Gasteiger partial charge in [0.1, 0.15) is 12.1 Å². The molecule has 0 radical (unpaired) electrons. The fourth-order valence-electron chi connectivity index (χ4n) is 3.33. The number of aromatic amines is 1. The molecule has 7 nitrogen and oxygen atoms in total. The molecule has 0 unspecified atom stereocenters. The number of hydrogen-bond donors (Lipinski definition) is 1. The van der Waals surface area contributed by atoms with Crippen LogP contribution in [0, 0.1) is 0 Å². The smallest absolute Gasteiger partial charge is 0.258 e. The number of piperazine rings is 1. The normalized spacial score (nSPS) is 17.8. The van der Waals surface area contributed by atoms with Gasteiger partial charge in [0.05, 0.1) is 22.6 Å². The van der Waals surface area contributed by atoms with Gasteiger partial charge in [-0.1, -0.05) is 17.3 Å². The van der Waals surface area contributed by atoms with Gasteiger partial charge in [-0.2, -0.15) is 0 Å². The van der Waals surface area contributed by atoms with Gasteiger partial charge in [-0.15, -0.1) is 0 Å². The fraction of sp³-hybridized carbons (Fsp3) is 0.389. The summed E-state index contributed by atoms with van der Waals surface area (Å²) >= 11 is 0. The van der Waals surface area contributed by atoms with Crippen LogP contribution in [0.3, 0.4) is 0 Å². The Morgan fingerprint density at radius 3 is 2.76 bits per heavy atom. The first-order chi connectivity index (χ1) is 12.2. The topological polar surface area (TPSA) is 78.3 Å². The van der Waals surface area contributed by atoms with Crippen LogP contribution in [-0.4, -0.2) is 51.1 Å². The van der Waals surface area contributed by atoms with Crippen LogP contribution < -0.4 is 5.56 Å². The lowest BCUT2D eigenvalue weighted by molar-refractivity contribution is 0.0933. The molecule has 1 atom stereocenters. The third kappa shape index (κ3) is 3.33. The van der Waals surface area contributed by atoms with Crippen LogP contribution in [0.1, 0.15) is 24.5 Å². The summed E-state index contributed by atoms with van der Waals surface area (Å²) in [5, 5.41) is 4.61. The van der Waals surface area contributed by atoms with Crippen molar-refractivity contribution in [3.05, 3.63) is 58.5 Å². The van der Waals surface area contributed by atoms with Gasteiger partial charge in [-0.25, -0.2) is 4.98 Å². The molecule has 1 aliphatic rings. The van der Waals surface area contributed by atoms with Gasteiger partial charge >= 0.3 is 0 Å². The Kier molecular flexibility index (Phi) is 4.33. The minimum atomic E-state index is -0.0721. The summed E-state index contributed by atoms with van der Waals surface area (Å²) in [6.45, 7) is 6.67. The largest absolute Gasteiger partial charge is 0.364 e. The maximum absolute atomic E-state index is 12.3. The molecule has 2 aromatic heterocycles. The zero-order chi connectivity index (χ0) is 17.2. The minimum Gasteiger partial charge on any atom is -0.364 e. The molecule has 1 saturated heterocycles. The Morgan fingerprint density at radius 1 is 1.20 bits per heavy atom. The zero-order valence-corrected chi connectivity index (χ0v) is 14.2. The van der Waals surface area contributed by atoms with Crippen molar-refractivity contribution in [2.24, 2.45) is 0 Å². The average Bonchev–Trinajstić information content (AvgIpc) is 3.15. The lowest BCUT2D eigenvalue weighted by atomic mass is 10.2. The molecule has 0 amide bonds. The van der Waals surface area contributed by atoms with Crippen molar-refractivity contribution in [2.75, 3.05) is 26.2 Å². The van der Waals surface area contributed by atoms with E-state index in [4.69, 9.17) is 4.52 Å². The molecule has 3 aromatic rings. The Morgan fingerprint density at radius 2 is 2.00 bits per heavy atom. The van der Waals surface area contributed by atoms with E-state index in [1.165, 1.54) is 0 Å². The van der Waals surface area contributed by atoms with Crippen LogP contribution in [0.5, 0.6) is 0 Å². The summed E-state index contributed by atoms with van der Waals surface area (Å²) < 4.78 is 4.89. The van der Waals surface area contributed by atoms with Gasteiger partial charge in [-0.05, 0) is 19.1 Å². The van der Waals surface area contributed by atoms with Crippen molar-refractivity contribution in [3.8, 4) is 0 Å². The van der Waals surface area contributed by atoms with Gasteiger partial charge in [0.25, 0.3) is 5.56 Å². The number of aromatic nitrogens is 3. The van der Waals surface area contributed by atoms with Gasteiger partial charge in [0.2, 0.25) is 0 Å². The summed E-state index contributed by atoms with van der Waals surface area (Å²) in [6, 6.07) is 9.43. The molecular weight excluding hydrogens is 318 g/mol. The highest BCUT2D eigenvalue weighted by atomic mass is 16.5. The lowest BCUT2D eigenvalue weighted by Crippen LogP contribution is -2.47. The molecule has 3 heterocycles. The highest BCUT2D eigenvalue weighted by Gasteiger charge is 2.24. The monoisotopic (exact) mass is 339 g/mol. The molecule has 1 N–H and O–H groups in total. The number of fused-ring (bicyclic) bond motifs is 1. The van der Waals surface area contributed by atoms with Crippen molar-refractivity contribution >= 4 is 10.9 Å². The Bertz CT molecular complexity index is 897. The number of H-pyrrole nitrogens is 1. The van der Waals surface area contributed by atoms with Crippen LogP contribution in [0.2, 0.25) is 0 Å². The third-order valence-electron chi connectivity index (χ3n) is 4.86. The van der Waals surface area contributed by atoms with Crippen molar-refractivity contribution in [1.29, 1.82) is 0 Å². The minimum absolute atomic E-state index is 0.0721. The summed E-state index contributed by atoms with van der Waals surface area (Å²) in [5.74, 6) is 0.730. The van der Waals surface area contributed by atoms with Gasteiger partial charge < -0.3 is 9.51 Å². The second-order valence-corrected chi connectivity index (χ2v) is 6.45. The quantitative estimate of drug-likeness (QED) is 0.781. The first-order valence-electron chi connectivity index (χ1n) is 8.55. The van der Waals surface area contributed by atoms with E-state index in [0.29, 0.717) is 5.39 Å². The number of nitrogens with zero attached hydrogens (tertiary/aromatic N) is 4. The Balaban J connectivity index is 1.45. The van der Waals surface area contributed by atoms with Crippen LogP contribution in [0.4, 0.5) is 0 Å². The fourth-order valence-corrected chi connectivity index (χ4v) is 3.33. The van der Waals surface area contributed by atoms with E-state index in [-0.39, 0.29) is 11.6 Å². The van der Waals surface area contributed by atoms with E-state index >= 15 is 0 Å². The van der Waals surface area contributed by atoms with E-state index in [2.05, 4.69) is 31.8 Å². The first-order valence-corrected chi connectivity index (χ1v) is 8.55. The molecule has 7 heteroatoms. The van der Waals surface area contributed by atoms with Crippen molar-refractivity contribution in [1.82, 2.24) is 24.9 Å². The molecule has 0 aliphatic carbocycles. The SMILES string of the molecule is C[C@@H](c1nc2ccccc2c(=O)[nH]1)N1CCN(Cc2ccon2)CC1. The highest BCUT2D eigenvalue weighted by Crippen LogP contribution is 2.20. The van der Waals surface area contributed by atoms with E-state index in [1.54, 1.807) is 12.3 Å². The average molecular weight is 339 g/mol. The van der Waals surface area contributed by atoms with Crippen LogP contribution in [0.25, 0.3) is 10.9 Å². The van der Waals surface area contributed by atoms with Crippen molar-refractivity contribution in [3.63, 3.8) is 0 Å². The van der Waals surface area contributed by atoms with E-state index < -0.39 is 0 Å². The molecule has 130 valence electrons. The molecule has 25 heavy (non-hydrogen) atoms. The summed E-state index contributed by atoms with van der Waals surface area (Å²) in [5.41, 5.74) is 1.64. The molecule has 0 saturated carbocycles. The standard InChI is InChI=1S/C18H21N5O2/c1-13(17-19-16-5-3-2-4-15(16)18(24)20-17)23-9-7-22(8-10-23)12-14-6-11-25-21-14/h2-6,11,13H,7-10,12H2,1H3,(H,19,20,24)/t13-/m0/s1. The van der Waals surface area contributed by atoms with Crippen LogP contribution in [-0.2, 0) is 6.54 Å². The van der Waals surface area contributed by atoms with Crippen LogP contribution >= 0.6 is 0 Å². The predicted molar refractivity (Wildman–Crippen MR) is 94.1 cm³/mol. The van der Waals surface area contributed by atoms with E-state index in [1.807, 2.05) is 24.3 Å². The highest BCUT2D eigenvalue weighted by molar-refractivity contribution is 5.77. The molecule has 4 rings (SSSR count). The summed E-state index contributed by atoms with van der Waals surface area (Å²) in [7, 11) is 0. The summed E-state index contributed by atoms with van der Waals surface area (Å²) in [4.78, 5) is 24.6. The zero-order valence-electron chi connectivity index (χ0n) is 14.2. The number of nitrogens with one attached hydrogen (secondary N) is 1. The summed E-state index contributed by atoms with van der Waals surface area (Å²) in [6.07, 6.45) is 1.61. The second kappa shape index (κ2) is 6.78. The van der Waals surface area contributed by atoms with Crippen molar-refractivity contribution < 1.29 is 4.52 Å². The number of hydrogen-bond acceptors (Lipinski definition) is 6. The van der Waals surface area contributed by atoms with E-state index in [0.717, 1.165) is 49.8 Å². The molecule has 0 bridgehead atoms. The second-order valence-electron chi connectivity index (χ2n) is 6.45. The Hall–Kier alpha value is -2.51. The number of benzene rings is 1. The third-order valence-corrected chi connectivity index (χ3v) is 4.86. The van der Waals surface area contributed by atoms with Crippen molar-refractivity contribution in [2.45, 2.75) is 19.5 Å². The predicted octanol–water partition coefficient (Wildman–Crippen LogP) is 1.79. The molecular formula is C18H21N5O2. The van der Waals surface area contributed by atoms with E-state index in [9.17, 15) is 4.79 Å². The lowest BCUT2D eigenvalue weighted by Gasteiger charge is -2.37. The molecule has 1 fully saturated rings. The number of rotatable bonds is 4. The molecule has 1 aromatic carbocycles. The number of para-hydroxylation sites is 1. The molecule has 0 spiro atoms. The molecule has 1 aliphatic heterocycles. The van der Waals surface area contributed by atoms with Gasteiger partial charge in [0, 0.05) is 38.8 Å². The maximum Gasteiger partial charge on any atom is 0.258 e. The maximum atomic E-state index is 12.3.